The molecule has 0 aromatic rings. The highest BCUT2D eigenvalue weighted by Crippen LogP contribution is 2.66. The maximum absolute atomic E-state index is 12.2. The summed E-state index contributed by atoms with van der Waals surface area (Å²) < 4.78 is 0. The first-order chi connectivity index (χ1) is 11.6. The number of allylic oxidation sites excluding steroid dienone is 4. The van der Waals surface area contributed by atoms with Gasteiger partial charge in [-0.05, 0) is 63.0 Å². The molecule has 136 valence electrons. The van der Waals surface area contributed by atoms with Crippen molar-refractivity contribution in [2.75, 3.05) is 0 Å². The van der Waals surface area contributed by atoms with Gasteiger partial charge in [-0.15, -0.1) is 0 Å². The molecule has 7 atom stereocenters. The Balaban J connectivity index is 1.76. The van der Waals surface area contributed by atoms with Crippen LogP contribution >= 0.6 is 0 Å². The van der Waals surface area contributed by atoms with Gasteiger partial charge in [-0.25, -0.2) is 0 Å². The molecule has 4 aliphatic rings. The van der Waals surface area contributed by atoms with E-state index in [1.165, 1.54) is 6.92 Å². The van der Waals surface area contributed by atoms with Crippen LogP contribution in [0.3, 0.4) is 0 Å². The van der Waals surface area contributed by atoms with Crippen LogP contribution in [0, 0.1) is 28.6 Å². The number of fused-ring (bicyclic) bond motifs is 5. The summed E-state index contributed by atoms with van der Waals surface area (Å²) >= 11 is 0. The van der Waals surface area contributed by atoms with Crippen LogP contribution < -0.4 is 0 Å². The first kappa shape index (κ1) is 17.2. The monoisotopic (exact) mass is 344 g/mol. The van der Waals surface area contributed by atoms with Gasteiger partial charge < -0.3 is 10.2 Å². The van der Waals surface area contributed by atoms with Crippen molar-refractivity contribution >= 4 is 11.6 Å². The first-order valence-corrected chi connectivity index (χ1v) is 9.49. The normalized spacial score (nSPS) is 51.4. The number of aliphatic hydroxyl groups excluding tert-OH is 1. The number of carbonyl (C=O) groups is 2. The molecule has 4 aliphatic carbocycles. The fourth-order valence-corrected chi connectivity index (χ4v) is 6.91. The molecule has 4 nitrogen and oxygen atoms in total. The molecule has 25 heavy (non-hydrogen) atoms. The molecule has 0 saturated heterocycles. The molecule has 0 aromatic carbocycles. The highest BCUT2D eigenvalue weighted by atomic mass is 16.3. The summed E-state index contributed by atoms with van der Waals surface area (Å²) in [6.07, 6.45) is 8.32. The Morgan fingerprint density at radius 3 is 2.68 bits per heavy atom. The molecule has 0 unspecified atom stereocenters. The minimum atomic E-state index is -1.32. The molecule has 2 N–H and O–H groups in total. The van der Waals surface area contributed by atoms with Crippen molar-refractivity contribution in [3.05, 3.63) is 23.8 Å². The summed E-state index contributed by atoms with van der Waals surface area (Å²) in [5, 5.41) is 22.3. The summed E-state index contributed by atoms with van der Waals surface area (Å²) in [5.41, 5.74) is -1.05. The van der Waals surface area contributed by atoms with Crippen molar-refractivity contribution in [1.82, 2.24) is 0 Å². The molecule has 0 aromatic heterocycles. The summed E-state index contributed by atoms with van der Waals surface area (Å²) in [5.74, 6) is 0.410. The van der Waals surface area contributed by atoms with E-state index in [2.05, 4.69) is 6.92 Å². The van der Waals surface area contributed by atoms with Crippen LogP contribution in [0.4, 0.5) is 0 Å². The van der Waals surface area contributed by atoms with Gasteiger partial charge in [0.05, 0.1) is 6.10 Å². The molecular weight excluding hydrogens is 316 g/mol. The average Bonchev–Trinajstić information content (AvgIpc) is 2.80. The average molecular weight is 344 g/mol. The lowest BCUT2D eigenvalue weighted by atomic mass is 9.46. The molecule has 0 bridgehead atoms. The molecule has 0 heterocycles. The van der Waals surface area contributed by atoms with E-state index in [1.54, 1.807) is 12.2 Å². The van der Waals surface area contributed by atoms with Gasteiger partial charge in [-0.1, -0.05) is 25.5 Å². The number of carbonyl (C=O) groups excluding carboxylic acids is 2. The number of hydrogen-bond donors (Lipinski definition) is 2. The van der Waals surface area contributed by atoms with Gasteiger partial charge in [-0.3, -0.25) is 9.59 Å². The Morgan fingerprint density at radius 2 is 2.00 bits per heavy atom. The Bertz CT molecular complexity index is 707. The lowest BCUT2D eigenvalue weighted by Gasteiger charge is -2.59. The van der Waals surface area contributed by atoms with Crippen molar-refractivity contribution in [2.45, 2.75) is 64.6 Å². The highest BCUT2D eigenvalue weighted by Gasteiger charge is 2.67. The van der Waals surface area contributed by atoms with Crippen LogP contribution in [0.1, 0.15) is 52.9 Å². The highest BCUT2D eigenvalue weighted by molar-refractivity contribution is 6.01. The van der Waals surface area contributed by atoms with Crippen molar-refractivity contribution in [2.24, 2.45) is 28.6 Å². The molecule has 0 spiro atoms. The molecule has 4 heteroatoms. The predicted octanol–water partition coefficient (Wildman–Crippen LogP) is 2.59. The smallest absolute Gasteiger partial charge is 0.178 e. The first-order valence-electron chi connectivity index (χ1n) is 9.49. The Hall–Kier alpha value is -1.26. The van der Waals surface area contributed by atoms with Gasteiger partial charge >= 0.3 is 0 Å². The second-order valence-corrected chi connectivity index (χ2v) is 9.17. The van der Waals surface area contributed by atoms with Crippen LogP contribution in [0.5, 0.6) is 0 Å². The topological polar surface area (TPSA) is 74.6 Å². The Morgan fingerprint density at radius 1 is 1.28 bits per heavy atom. The van der Waals surface area contributed by atoms with Crippen LogP contribution in [-0.2, 0) is 9.59 Å². The van der Waals surface area contributed by atoms with Crippen LogP contribution in [0.25, 0.3) is 0 Å². The zero-order chi connectivity index (χ0) is 18.2. The molecule has 0 radical (unpaired) electrons. The van der Waals surface area contributed by atoms with E-state index in [0.717, 1.165) is 24.8 Å². The fourth-order valence-electron chi connectivity index (χ4n) is 6.91. The van der Waals surface area contributed by atoms with E-state index in [9.17, 15) is 19.8 Å². The minimum absolute atomic E-state index is 0.0351. The van der Waals surface area contributed by atoms with E-state index < -0.39 is 17.1 Å². The maximum Gasteiger partial charge on any atom is 0.178 e. The largest absolute Gasteiger partial charge is 0.393 e. The summed E-state index contributed by atoms with van der Waals surface area (Å²) in [6, 6.07) is 0. The molecule has 0 amide bonds. The van der Waals surface area contributed by atoms with Crippen LogP contribution in [0.2, 0.25) is 0 Å². The van der Waals surface area contributed by atoms with E-state index in [-0.39, 0.29) is 34.7 Å². The summed E-state index contributed by atoms with van der Waals surface area (Å²) in [4.78, 5) is 24.0. The van der Waals surface area contributed by atoms with Crippen molar-refractivity contribution in [3.8, 4) is 0 Å². The molecular formula is C21H28O4. The number of aliphatic hydroxyl groups is 2. The number of rotatable bonds is 1. The SMILES string of the molecule is CC(=O)[C@@]1(O)CC[C@H]2[C@@H]3CCC4=CC(=O)C=C[C@]4(C)[C@H]3[C@@H](O)C[C@@]21C. The van der Waals surface area contributed by atoms with Gasteiger partial charge in [0.15, 0.2) is 11.6 Å². The maximum atomic E-state index is 12.2. The molecule has 3 saturated carbocycles. The van der Waals surface area contributed by atoms with Crippen LogP contribution in [0.15, 0.2) is 23.8 Å². The van der Waals surface area contributed by atoms with Gasteiger partial charge in [0, 0.05) is 16.7 Å². The molecule has 3 fully saturated rings. The number of Topliss-reactive ketones (excluding diaryl/α,β-unsaturated/α-hetero) is 1. The Kier molecular flexibility index (Phi) is 3.53. The third kappa shape index (κ3) is 2.01. The number of ketones is 2. The van der Waals surface area contributed by atoms with Gasteiger partial charge in [-0.2, -0.15) is 0 Å². The Labute approximate surface area is 149 Å². The number of hydrogen-bond acceptors (Lipinski definition) is 4. The second kappa shape index (κ2) is 5.14. The van der Waals surface area contributed by atoms with E-state index in [4.69, 9.17) is 0 Å². The van der Waals surface area contributed by atoms with E-state index in [0.29, 0.717) is 12.8 Å². The van der Waals surface area contributed by atoms with E-state index in [1.807, 2.05) is 13.0 Å². The van der Waals surface area contributed by atoms with Gasteiger partial charge in [0.2, 0.25) is 0 Å². The van der Waals surface area contributed by atoms with Gasteiger partial charge in [0.25, 0.3) is 0 Å². The zero-order valence-electron chi connectivity index (χ0n) is 15.3. The quantitative estimate of drug-likeness (QED) is 0.767. The third-order valence-corrected chi connectivity index (χ3v) is 8.23. The third-order valence-electron chi connectivity index (χ3n) is 8.23. The van der Waals surface area contributed by atoms with Crippen molar-refractivity contribution in [3.63, 3.8) is 0 Å². The lowest BCUT2D eigenvalue weighted by molar-refractivity contribution is -0.175. The standard InChI is InChI=1S/C21H28O4/c1-12(22)21(25)9-7-16-15-5-4-13-10-14(23)6-8-19(13,2)18(15)17(24)11-20(16,21)3/h6,8,10,15-18,24-25H,4-5,7,9,11H2,1-3H3/t15-,16-,17-,18+,19-,20-,21-/m0/s1. The summed E-state index contributed by atoms with van der Waals surface area (Å²) in [7, 11) is 0. The fraction of sp³-hybridized carbons (Fsp3) is 0.714. The molecule has 0 aliphatic heterocycles. The van der Waals surface area contributed by atoms with Crippen molar-refractivity contribution in [1.29, 1.82) is 0 Å². The zero-order valence-corrected chi connectivity index (χ0v) is 15.3. The predicted molar refractivity (Wildman–Crippen MR) is 93.6 cm³/mol. The van der Waals surface area contributed by atoms with Gasteiger partial charge in [0.1, 0.15) is 5.60 Å². The minimum Gasteiger partial charge on any atom is -0.393 e. The van der Waals surface area contributed by atoms with E-state index >= 15 is 0 Å². The molecule has 4 rings (SSSR count). The second-order valence-electron chi connectivity index (χ2n) is 9.17. The summed E-state index contributed by atoms with van der Waals surface area (Å²) in [6.45, 7) is 5.61. The lowest BCUT2D eigenvalue weighted by Crippen LogP contribution is -2.61. The van der Waals surface area contributed by atoms with Crippen molar-refractivity contribution < 1.29 is 19.8 Å². The van der Waals surface area contributed by atoms with Crippen LogP contribution in [-0.4, -0.2) is 33.5 Å².